The van der Waals surface area contributed by atoms with Crippen LogP contribution in [-0.4, -0.2) is 11.1 Å². The highest BCUT2D eigenvalue weighted by Crippen LogP contribution is 2.49. The maximum Gasteiger partial charge on any atom is 0.315 e. The number of hydrogen-bond acceptors (Lipinski definition) is 1. The Morgan fingerprint density at radius 2 is 1.00 bits per heavy atom. The summed E-state index contributed by atoms with van der Waals surface area (Å²) < 4.78 is 0. The van der Waals surface area contributed by atoms with Gasteiger partial charge in [0.05, 0.1) is 0 Å². The zero-order chi connectivity index (χ0) is 26.0. The van der Waals surface area contributed by atoms with Crippen molar-refractivity contribution in [3.63, 3.8) is 0 Å². The summed E-state index contributed by atoms with van der Waals surface area (Å²) in [5, 5.41) is 15.7. The Balaban J connectivity index is 1.76. The number of rotatable bonds is 7. The normalized spacial score (nSPS) is 13.0. The third-order valence-corrected chi connectivity index (χ3v) is 7.76. The van der Waals surface area contributed by atoms with Gasteiger partial charge in [-0.15, -0.1) is 0 Å². The lowest BCUT2D eigenvalue weighted by Crippen LogP contribution is -2.44. The fourth-order valence-electron chi connectivity index (χ4n) is 6.05. The van der Waals surface area contributed by atoms with E-state index in [1.54, 1.807) is 0 Å². The summed E-state index contributed by atoms with van der Waals surface area (Å²) in [4.78, 5) is 13.9. The van der Waals surface area contributed by atoms with Crippen molar-refractivity contribution >= 4 is 27.5 Å². The maximum absolute atomic E-state index is 13.9. The first-order chi connectivity index (χ1) is 18.7. The van der Waals surface area contributed by atoms with Crippen molar-refractivity contribution in [1.82, 2.24) is 0 Å². The van der Waals surface area contributed by atoms with Crippen molar-refractivity contribution in [3.05, 3.63) is 168 Å². The fourth-order valence-corrected chi connectivity index (χ4v) is 6.05. The van der Waals surface area contributed by atoms with Crippen LogP contribution >= 0.6 is 0 Å². The van der Waals surface area contributed by atoms with E-state index in [0.29, 0.717) is 6.42 Å². The second kappa shape index (κ2) is 9.99. The van der Waals surface area contributed by atoms with E-state index in [0.717, 1.165) is 43.8 Å². The van der Waals surface area contributed by atoms with E-state index >= 15 is 0 Å². The molecule has 184 valence electrons. The standard InChI is InChI=1S/C36H28O2/c37-35(38)36(29-19-5-2-6-20-29,25-26-13-3-1-4-14-26)34(32-23-11-17-27-15-7-9-21-30(27)32)33-24-12-18-28-16-8-10-22-31(28)33/h1-24,34H,25H2,(H,37,38). The molecule has 6 aromatic rings. The van der Waals surface area contributed by atoms with Crippen LogP contribution in [0.15, 0.2) is 146 Å². The lowest BCUT2D eigenvalue weighted by atomic mass is 9.61. The van der Waals surface area contributed by atoms with E-state index in [9.17, 15) is 9.90 Å². The Bertz CT molecular complexity index is 1630. The molecule has 0 aromatic heterocycles. The van der Waals surface area contributed by atoms with Crippen LogP contribution in [-0.2, 0) is 16.6 Å². The molecule has 2 nitrogen and oxygen atoms in total. The minimum atomic E-state index is -1.27. The van der Waals surface area contributed by atoms with Gasteiger partial charge in [0, 0.05) is 5.92 Å². The molecule has 1 atom stereocenters. The highest BCUT2D eigenvalue weighted by molar-refractivity contribution is 5.94. The molecule has 0 bridgehead atoms. The third kappa shape index (κ3) is 4.05. The topological polar surface area (TPSA) is 37.3 Å². The number of fused-ring (bicyclic) bond motifs is 2. The minimum Gasteiger partial charge on any atom is -0.481 e. The van der Waals surface area contributed by atoms with E-state index < -0.39 is 17.3 Å². The summed E-state index contributed by atoms with van der Waals surface area (Å²) in [5.74, 6) is -1.29. The summed E-state index contributed by atoms with van der Waals surface area (Å²) in [5.41, 5.74) is 2.55. The van der Waals surface area contributed by atoms with Gasteiger partial charge in [0.15, 0.2) is 0 Å². The molecule has 6 aromatic carbocycles. The number of hydrogen-bond donors (Lipinski definition) is 1. The van der Waals surface area contributed by atoms with Gasteiger partial charge < -0.3 is 5.11 Å². The molecule has 0 aliphatic rings. The molecule has 0 aliphatic carbocycles. The summed E-state index contributed by atoms with van der Waals surface area (Å²) in [6.07, 6.45) is 0.351. The van der Waals surface area contributed by atoms with Crippen LogP contribution in [0.3, 0.4) is 0 Å². The lowest BCUT2D eigenvalue weighted by molar-refractivity contribution is -0.144. The van der Waals surface area contributed by atoms with Gasteiger partial charge in [-0.05, 0) is 50.2 Å². The number of benzene rings is 6. The molecule has 0 radical (unpaired) electrons. The van der Waals surface area contributed by atoms with Gasteiger partial charge in [0.25, 0.3) is 0 Å². The molecular formula is C36H28O2. The Hall–Kier alpha value is -4.69. The molecule has 0 heterocycles. The number of aliphatic carboxylic acids is 1. The summed E-state index contributed by atoms with van der Waals surface area (Å²) in [6, 6.07) is 48.9. The predicted octanol–water partition coefficient (Wildman–Crippen LogP) is 8.39. The highest BCUT2D eigenvalue weighted by atomic mass is 16.4. The van der Waals surface area contributed by atoms with Gasteiger partial charge in [0.1, 0.15) is 5.41 Å². The molecule has 1 unspecified atom stereocenters. The molecule has 6 rings (SSSR count). The van der Waals surface area contributed by atoms with Gasteiger partial charge in [0.2, 0.25) is 0 Å². The molecule has 0 fully saturated rings. The Kier molecular flexibility index (Phi) is 6.23. The van der Waals surface area contributed by atoms with Gasteiger partial charge in [-0.3, -0.25) is 4.79 Å². The van der Waals surface area contributed by atoms with Gasteiger partial charge in [-0.25, -0.2) is 0 Å². The van der Waals surface area contributed by atoms with Crippen molar-refractivity contribution in [1.29, 1.82) is 0 Å². The summed E-state index contributed by atoms with van der Waals surface area (Å²) in [6.45, 7) is 0. The number of carboxylic acid groups (broad SMARTS) is 1. The van der Waals surface area contributed by atoms with Crippen LogP contribution in [0.1, 0.15) is 28.2 Å². The highest BCUT2D eigenvalue weighted by Gasteiger charge is 2.49. The third-order valence-electron chi connectivity index (χ3n) is 7.76. The molecule has 0 spiro atoms. The van der Waals surface area contributed by atoms with Gasteiger partial charge in [-0.2, -0.15) is 0 Å². The number of carboxylic acids is 1. The Morgan fingerprint density at radius 1 is 0.553 bits per heavy atom. The second-order valence-corrected chi connectivity index (χ2v) is 9.87. The first kappa shape index (κ1) is 23.7. The quantitative estimate of drug-likeness (QED) is 0.243. The van der Waals surface area contributed by atoms with Crippen LogP contribution in [0.5, 0.6) is 0 Å². The van der Waals surface area contributed by atoms with Crippen LogP contribution < -0.4 is 0 Å². The molecule has 1 N–H and O–H groups in total. The number of carbonyl (C=O) groups is 1. The van der Waals surface area contributed by atoms with E-state index in [4.69, 9.17) is 0 Å². The minimum absolute atomic E-state index is 0.351. The largest absolute Gasteiger partial charge is 0.481 e. The summed E-state index contributed by atoms with van der Waals surface area (Å²) >= 11 is 0. The van der Waals surface area contributed by atoms with Gasteiger partial charge in [-0.1, -0.05) is 146 Å². The van der Waals surface area contributed by atoms with Crippen LogP contribution in [0.4, 0.5) is 0 Å². The van der Waals surface area contributed by atoms with Crippen LogP contribution in [0.2, 0.25) is 0 Å². The average molecular weight is 493 g/mol. The van der Waals surface area contributed by atoms with Crippen molar-refractivity contribution in [2.75, 3.05) is 0 Å². The first-order valence-corrected chi connectivity index (χ1v) is 13.0. The molecule has 38 heavy (non-hydrogen) atoms. The Labute approximate surface area is 222 Å². The monoisotopic (exact) mass is 492 g/mol. The molecule has 0 saturated heterocycles. The van der Waals surface area contributed by atoms with Crippen molar-refractivity contribution in [3.8, 4) is 0 Å². The fraction of sp³-hybridized carbons (Fsp3) is 0.0833. The van der Waals surface area contributed by atoms with Crippen molar-refractivity contribution in [2.24, 2.45) is 0 Å². The molecule has 0 saturated carbocycles. The van der Waals surface area contributed by atoms with E-state index in [1.165, 1.54) is 0 Å². The summed E-state index contributed by atoms with van der Waals surface area (Å²) in [7, 11) is 0. The SMILES string of the molecule is O=C(O)C(Cc1ccccc1)(c1ccccc1)C(c1cccc2ccccc12)c1cccc2ccccc12. The molecule has 0 amide bonds. The molecular weight excluding hydrogens is 464 g/mol. The predicted molar refractivity (Wildman–Crippen MR) is 156 cm³/mol. The van der Waals surface area contributed by atoms with Gasteiger partial charge >= 0.3 is 5.97 Å². The zero-order valence-electron chi connectivity index (χ0n) is 21.0. The lowest BCUT2D eigenvalue weighted by Gasteiger charge is -2.40. The van der Waals surface area contributed by atoms with E-state index in [2.05, 4.69) is 60.7 Å². The second-order valence-electron chi connectivity index (χ2n) is 9.87. The first-order valence-electron chi connectivity index (χ1n) is 13.0. The van der Waals surface area contributed by atoms with E-state index in [1.807, 2.05) is 84.9 Å². The maximum atomic E-state index is 13.9. The van der Waals surface area contributed by atoms with Crippen molar-refractivity contribution in [2.45, 2.75) is 17.8 Å². The molecule has 0 aliphatic heterocycles. The van der Waals surface area contributed by atoms with Crippen LogP contribution in [0.25, 0.3) is 21.5 Å². The Morgan fingerprint density at radius 3 is 1.53 bits per heavy atom. The average Bonchev–Trinajstić information content (AvgIpc) is 2.98. The van der Waals surface area contributed by atoms with Crippen LogP contribution in [0, 0.1) is 0 Å². The van der Waals surface area contributed by atoms with E-state index in [-0.39, 0.29) is 0 Å². The van der Waals surface area contributed by atoms with Crippen molar-refractivity contribution < 1.29 is 9.90 Å². The zero-order valence-corrected chi connectivity index (χ0v) is 21.0. The smallest absolute Gasteiger partial charge is 0.315 e. The molecule has 2 heteroatoms.